The molecule has 2 aromatic heterocycles. The van der Waals surface area contributed by atoms with Crippen LogP contribution < -0.4 is 0 Å². The summed E-state index contributed by atoms with van der Waals surface area (Å²) in [6.07, 6.45) is 1.17. The molecule has 0 radical (unpaired) electrons. The van der Waals surface area contributed by atoms with Gasteiger partial charge in [-0.3, -0.25) is 14.4 Å². The van der Waals surface area contributed by atoms with Crippen molar-refractivity contribution in [1.82, 2.24) is 9.88 Å². The van der Waals surface area contributed by atoms with Gasteiger partial charge in [-0.1, -0.05) is 0 Å². The molecule has 0 unspecified atom stereocenters. The third kappa shape index (κ3) is 5.14. The van der Waals surface area contributed by atoms with Crippen molar-refractivity contribution in [1.29, 1.82) is 0 Å². The maximum Gasteiger partial charge on any atom is 0.312 e. The van der Waals surface area contributed by atoms with Gasteiger partial charge in [-0.2, -0.15) is 11.3 Å². The first kappa shape index (κ1) is 19.5. The topological polar surface area (TPSA) is 85.8 Å². The first-order chi connectivity index (χ1) is 13.1. The summed E-state index contributed by atoms with van der Waals surface area (Å²) in [7, 11) is 1.37. The lowest BCUT2D eigenvalue weighted by Crippen LogP contribution is -2.42. The van der Waals surface area contributed by atoms with Gasteiger partial charge in [0.25, 0.3) is 5.91 Å². The summed E-state index contributed by atoms with van der Waals surface area (Å²) in [6, 6.07) is 1.98. The predicted molar refractivity (Wildman–Crippen MR) is 101 cm³/mol. The summed E-state index contributed by atoms with van der Waals surface area (Å²) in [5, 5.41) is 6.67. The molecular weight excluding hydrogens is 388 g/mol. The first-order valence-electron chi connectivity index (χ1n) is 8.55. The van der Waals surface area contributed by atoms with Crippen LogP contribution in [0.1, 0.15) is 18.5 Å². The van der Waals surface area contributed by atoms with Crippen molar-refractivity contribution >= 4 is 40.5 Å². The Hall–Kier alpha value is -2.26. The number of methoxy groups -OCH3 is 1. The number of hydrogen-bond acceptors (Lipinski definition) is 8. The number of rotatable bonds is 6. The Morgan fingerprint density at radius 2 is 2.04 bits per heavy atom. The smallest absolute Gasteiger partial charge is 0.312 e. The van der Waals surface area contributed by atoms with Crippen molar-refractivity contribution in [2.24, 2.45) is 5.92 Å². The third-order valence-corrected chi connectivity index (χ3v) is 6.01. The SMILES string of the molecule is COC(=O)C1CCN(C(=O)COC(=O)Cc2csc(-c3ccsc3)n2)CC1. The van der Waals surface area contributed by atoms with Crippen molar-refractivity contribution in [2.75, 3.05) is 26.8 Å². The number of hydrogen-bond donors (Lipinski definition) is 0. The molecule has 1 aliphatic rings. The van der Waals surface area contributed by atoms with E-state index in [-0.39, 0.29) is 30.8 Å². The minimum absolute atomic E-state index is 0.0400. The second kappa shape index (κ2) is 9.09. The molecule has 9 heteroatoms. The maximum atomic E-state index is 12.2. The van der Waals surface area contributed by atoms with E-state index < -0.39 is 5.97 Å². The number of thiazole rings is 1. The second-order valence-electron chi connectivity index (χ2n) is 6.17. The van der Waals surface area contributed by atoms with E-state index in [0.717, 1.165) is 10.6 Å². The van der Waals surface area contributed by atoms with E-state index in [4.69, 9.17) is 9.47 Å². The molecule has 3 heterocycles. The number of aromatic nitrogens is 1. The quantitative estimate of drug-likeness (QED) is 0.682. The van der Waals surface area contributed by atoms with Crippen molar-refractivity contribution in [2.45, 2.75) is 19.3 Å². The molecule has 0 bridgehead atoms. The molecule has 1 aliphatic heterocycles. The number of amides is 1. The van der Waals surface area contributed by atoms with Gasteiger partial charge in [-0.05, 0) is 24.3 Å². The lowest BCUT2D eigenvalue weighted by Gasteiger charge is -2.30. The standard InChI is InChI=1S/C18H20N2O5S2/c1-24-18(23)12-2-5-20(6-3-12)15(21)9-25-16(22)8-14-11-27-17(19-14)13-4-7-26-10-13/h4,7,10-12H,2-3,5-6,8-9H2,1H3. The summed E-state index contributed by atoms with van der Waals surface area (Å²) >= 11 is 3.07. The molecule has 1 fully saturated rings. The Morgan fingerprint density at radius 1 is 1.26 bits per heavy atom. The van der Waals surface area contributed by atoms with Crippen LogP contribution in [0.4, 0.5) is 0 Å². The number of carbonyl (C=O) groups is 3. The minimum atomic E-state index is -0.477. The van der Waals surface area contributed by atoms with Crippen molar-refractivity contribution in [3.8, 4) is 10.6 Å². The molecule has 2 aromatic rings. The van der Waals surface area contributed by atoms with Crippen LogP contribution >= 0.6 is 22.7 Å². The van der Waals surface area contributed by atoms with E-state index in [1.54, 1.807) is 16.2 Å². The van der Waals surface area contributed by atoms with Gasteiger partial charge in [0, 0.05) is 29.4 Å². The zero-order chi connectivity index (χ0) is 19.2. The third-order valence-electron chi connectivity index (χ3n) is 4.38. The van der Waals surface area contributed by atoms with E-state index in [2.05, 4.69) is 4.98 Å². The zero-order valence-corrected chi connectivity index (χ0v) is 16.5. The summed E-state index contributed by atoms with van der Waals surface area (Å²) in [5.74, 6) is -1.12. The Bertz CT molecular complexity index is 795. The lowest BCUT2D eigenvalue weighted by atomic mass is 9.97. The Morgan fingerprint density at radius 3 is 2.70 bits per heavy atom. The first-order valence-corrected chi connectivity index (χ1v) is 10.4. The van der Waals surface area contributed by atoms with Gasteiger partial charge in [-0.25, -0.2) is 4.98 Å². The van der Waals surface area contributed by atoms with Gasteiger partial charge >= 0.3 is 11.9 Å². The molecule has 1 amide bonds. The number of likely N-dealkylation sites (tertiary alicyclic amines) is 1. The van der Waals surface area contributed by atoms with Gasteiger partial charge in [0.1, 0.15) is 5.01 Å². The van der Waals surface area contributed by atoms with Crippen LogP contribution in [0.15, 0.2) is 22.2 Å². The highest BCUT2D eigenvalue weighted by molar-refractivity contribution is 7.14. The monoisotopic (exact) mass is 408 g/mol. The molecule has 0 aromatic carbocycles. The van der Waals surface area contributed by atoms with E-state index in [9.17, 15) is 14.4 Å². The van der Waals surface area contributed by atoms with Crippen LogP contribution in [0, 0.1) is 5.92 Å². The number of ether oxygens (including phenoxy) is 2. The van der Waals surface area contributed by atoms with E-state index in [1.165, 1.54) is 18.4 Å². The van der Waals surface area contributed by atoms with Gasteiger partial charge in [0.2, 0.25) is 0 Å². The molecule has 0 spiro atoms. The molecular formula is C18H20N2O5S2. The fourth-order valence-electron chi connectivity index (χ4n) is 2.87. The summed E-state index contributed by atoms with van der Waals surface area (Å²) in [4.78, 5) is 41.7. The van der Waals surface area contributed by atoms with E-state index in [0.29, 0.717) is 31.6 Å². The average Bonchev–Trinajstić information content (AvgIpc) is 3.37. The van der Waals surface area contributed by atoms with E-state index >= 15 is 0 Å². The molecule has 0 N–H and O–H groups in total. The minimum Gasteiger partial charge on any atom is -0.469 e. The van der Waals surface area contributed by atoms with Gasteiger partial charge in [0.15, 0.2) is 6.61 Å². The molecule has 0 saturated carbocycles. The Labute approximate surface area is 164 Å². The largest absolute Gasteiger partial charge is 0.469 e. The second-order valence-corrected chi connectivity index (χ2v) is 7.81. The fraction of sp³-hybridized carbons (Fsp3) is 0.444. The number of esters is 2. The molecule has 0 atom stereocenters. The normalized spacial score (nSPS) is 14.8. The van der Waals surface area contributed by atoms with Gasteiger partial charge < -0.3 is 14.4 Å². The molecule has 27 heavy (non-hydrogen) atoms. The highest BCUT2D eigenvalue weighted by Crippen LogP contribution is 2.26. The van der Waals surface area contributed by atoms with E-state index in [1.807, 2.05) is 22.2 Å². The van der Waals surface area contributed by atoms with Crippen LogP contribution in [0.3, 0.4) is 0 Å². The van der Waals surface area contributed by atoms with Crippen LogP contribution in [0.25, 0.3) is 10.6 Å². The van der Waals surface area contributed by atoms with Crippen LogP contribution in [0.2, 0.25) is 0 Å². The zero-order valence-electron chi connectivity index (χ0n) is 14.9. The van der Waals surface area contributed by atoms with Gasteiger partial charge in [0.05, 0.1) is 25.1 Å². The number of nitrogens with zero attached hydrogens (tertiary/aromatic N) is 2. The van der Waals surface area contributed by atoms with Crippen LogP contribution in [-0.2, 0) is 30.3 Å². The molecule has 0 aliphatic carbocycles. The Kier molecular flexibility index (Phi) is 6.57. The van der Waals surface area contributed by atoms with Crippen molar-refractivity contribution in [3.63, 3.8) is 0 Å². The predicted octanol–water partition coefficient (Wildman–Crippen LogP) is 2.37. The fourth-order valence-corrected chi connectivity index (χ4v) is 4.40. The maximum absolute atomic E-state index is 12.2. The number of thiophene rings is 1. The van der Waals surface area contributed by atoms with Crippen LogP contribution in [0.5, 0.6) is 0 Å². The van der Waals surface area contributed by atoms with Crippen molar-refractivity contribution < 1.29 is 23.9 Å². The Balaban J connectivity index is 1.41. The van der Waals surface area contributed by atoms with Gasteiger partial charge in [-0.15, -0.1) is 11.3 Å². The number of carbonyl (C=O) groups excluding carboxylic acids is 3. The molecule has 1 saturated heterocycles. The highest BCUT2D eigenvalue weighted by Gasteiger charge is 2.28. The van der Waals surface area contributed by atoms with Crippen molar-refractivity contribution in [3.05, 3.63) is 27.9 Å². The molecule has 7 nitrogen and oxygen atoms in total. The lowest BCUT2D eigenvalue weighted by molar-refractivity contribution is -0.153. The molecule has 144 valence electrons. The highest BCUT2D eigenvalue weighted by atomic mass is 32.1. The molecule has 3 rings (SSSR count). The number of piperidine rings is 1. The summed E-state index contributed by atoms with van der Waals surface area (Å²) in [6.45, 7) is 0.641. The summed E-state index contributed by atoms with van der Waals surface area (Å²) < 4.78 is 9.83. The van der Waals surface area contributed by atoms with Crippen LogP contribution in [-0.4, -0.2) is 54.5 Å². The average molecular weight is 409 g/mol. The summed E-state index contributed by atoms with van der Waals surface area (Å²) in [5.41, 5.74) is 1.67.